The van der Waals surface area contributed by atoms with E-state index in [-0.39, 0.29) is 22.2 Å². The third-order valence-electron chi connectivity index (χ3n) is 2.90. The van der Waals surface area contributed by atoms with E-state index < -0.39 is 17.5 Å². The van der Waals surface area contributed by atoms with Crippen LogP contribution in [0.4, 0.5) is 5.69 Å². The van der Waals surface area contributed by atoms with E-state index in [2.05, 4.69) is 6.58 Å². The second-order valence-corrected chi connectivity index (χ2v) is 5.27. The number of non-ortho nitro benzene ring substituents is 1. The zero-order chi connectivity index (χ0) is 17.6. The molecule has 7 nitrogen and oxygen atoms in total. The fourth-order valence-corrected chi connectivity index (χ4v) is 1.98. The van der Waals surface area contributed by atoms with E-state index in [1.807, 2.05) is 0 Å². The number of benzene rings is 1. The van der Waals surface area contributed by atoms with Crippen LogP contribution in [0.2, 0.25) is 5.02 Å². The summed E-state index contributed by atoms with van der Waals surface area (Å²) in [4.78, 5) is 35.5. The number of amides is 1. The summed E-state index contributed by atoms with van der Waals surface area (Å²) in [6.07, 6.45) is 0. The van der Waals surface area contributed by atoms with Crippen LogP contribution in [0.25, 0.3) is 0 Å². The fraction of sp³-hybridized carbons (Fsp3) is 0.333. The van der Waals surface area contributed by atoms with Crippen molar-refractivity contribution in [2.45, 2.75) is 13.8 Å². The van der Waals surface area contributed by atoms with Crippen LogP contribution in [0, 0.1) is 10.1 Å². The topological polar surface area (TPSA) is 89.8 Å². The van der Waals surface area contributed by atoms with Crippen LogP contribution in [0.1, 0.15) is 24.2 Å². The Hall–Kier alpha value is -2.41. The van der Waals surface area contributed by atoms with Crippen LogP contribution in [-0.4, -0.2) is 41.4 Å². The third kappa shape index (κ3) is 5.37. The molecule has 0 heterocycles. The summed E-state index contributed by atoms with van der Waals surface area (Å²) in [6.45, 7) is 7.63. The Morgan fingerprint density at radius 1 is 1.43 bits per heavy atom. The molecule has 23 heavy (non-hydrogen) atoms. The van der Waals surface area contributed by atoms with E-state index in [1.165, 1.54) is 17.0 Å². The maximum atomic E-state index is 12.0. The molecule has 0 spiro atoms. The Balaban J connectivity index is 2.77. The number of hydrogen-bond donors (Lipinski definition) is 0. The monoisotopic (exact) mass is 340 g/mol. The first-order valence-corrected chi connectivity index (χ1v) is 7.17. The minimum Gasteiger partial charge on any atom is -0.452 e. The first-order valence-electron chi connectivity index (χ1n) is 6.79. The number of nitrogens with zero attached hydrogens (tertiary/aromatic N) is 2. The highest BCUT2D eigenvalue weighted by molar-refractivity contribution is 6.33. The van der Waals surface area contributed by atoms with Gasteiger partial charge in [-0.15, -0.1) is 0 Å². The highest BCUT2D eigenvalue weighted by atomic mass is 35.5. The molecule has 1 amide bonds. The van der Waals surface area contributed by atoms with Crippen LogP contribution in [0.3, 0.4) is 0 Å². The van der Waals surface area contributed by atoms with Crippen LogP contribution >= 0.6 is 11.6 Å². The molecule has 0 unspecified atom stereocenters. The van der Waals surface area contributed by atoms with Crippen LogP contribution in [0.5, 0.6) is 0 Å². The quantitative estimate of drug-likeness (QED) is 0.329. The van der Waals surface area contributed by atoms with Crippen LogP contribution < -0.4 is 0 Å². The van der Waals surface area contributed by atoms with Crippen molar-refractivity contribution in [3.05, 3.63) is 51.1 Å². The number of rotatable bonds is 7. The first kappa shape index (κ1) is 18.6. The normalized spacial score (nSPS) is 10.0. The molecule has 0 fully saturated rings. The van der Waals surface area contributed by atoms with Gasteiger partial charge in [0.1, 0.15) is 0 Å². The largest absolute Gasteiger partial charge is 0.452 e. The number of carbonyl (C=O) groups excluding carboxylic acids is 2. The average Bonchev–Trinajstić information content (AvgIpc) is 2.49. The highest BCUT2D eigenvalue weighted by Gasteiger charge is 2.19. The SMILES string of the molecule is C=C(C)CN(CC)C(=O)COC(=O)c1cc([N+](=O)[O-])ccc1Cl. The van der Waals surface area contributed by atoms with Gasteiger partial charge in [-0.3, -0.25) is 14.9 Å². The molecule has 1 aromatic rings. The maximum absolute atomic E-state index is 12.0. The summed E-state index contributed by atoms with van der Waals surface area (Å²) in [6, 6.07) is 3.42. The van der Waals surface area contributed by atoms with Crippen molar-refractivity contribution in [1.82, 2.24) is 4.90 Å². The van der Waals surface area contributed by atoms with Crippen molar-refractivity contribution in [3.63, 3.8) is 0 Å². The lowest BCUT2D eigenvalue weighted by atomic mass is 10.2. The zero-order valence-electron chi connectivity index (χ0n) is 12.9. The van der Waals surface area contributed by atoms with E-state index in [0.29, 0.717) is 13.1 Å². The van der Waals surface area contributed by atoms with Gasteiger partial charge in [0.25, 0.3) is 11.6 Å². The van der Waals surface area contributed by atoms with E-state index in [9.17, 15) is 19.7 Å². The molecule has 1 rings (SSSR count). The molecule has 0 saturated heterocycles. The van der Waals surface area contributed by atoms with Gasteiger partial charge < -0.3 is 9.64 Å². The summed E-state index contributed by atoms with van der Waals surface area (Å²) in [5, 5.41) is 10.7. The van der Waals surface area contributed by atoms with Gasteiger partial charge in [0.2, 0.25) is 0 Å². The molecule has 8 heteroatoms. The Morgan fingerprint density at radius 3 is 2.61 bits per heavy atom. The zero-order valence-corrected chi connectivity index (χ0v) is 13.6. The number of esters is 1. The predicted molar refractivity (Wildman–Crippen MR) is 85.5 cm³/mol. The molecule has 124 valence electrons. The van der Waals surface area contributed by atoms with Gasteiger partial charge >= 0.3 is 5.97 Å². The van der Waals surface area contributed by atoms with Crippen LogP contribution in [-0.2, 0) is 9.53 Å². The summed E-state index contributed by atoms with van der Waals surface area (Å²) in [7, 11) is 0. The standard InChI is InChI=1S/C15H17ClN2O5/c1-4-17(8-10(2)3)14(19)9-23-15(20)12-7-11(18(21)22)5-6-13(12)16/h5-7H,2,4,8-9H2,1,3H3. The van der Waals surface area contributed by atoms with Crippen molar-refractivity contribution in [3.8, 4) is 0 Å². The summed E-state index contributed by atoms with van der Waals surface area (Å²) in [5.74, 6) is -1.27. The predicted octanol–water partition coefficient (Wildman–Crippen LogP) is 2.83. The fourth-order valence-electron chi connectivity index (χ4n) is 1.78. The lowest BCUT2D eigenvalue weighted by Crippen LogP contribution is -2.35. The molecule has 0 N–H and O–H groups in total. The summed E-state index contributed by atoms with van der Waals surface area (Å²) in [5.41, 5.74) is 0.356. The first-order chi connectivity index (χ1) is 10.8. The van der Waals surface area contributed by atoms with E-state index in [1.54, 1.807) is 13.8 Å². The highest BCUT2D eigenvalue weighted by Crippen LogP contribution is 2.22. The summed E-state index contributed by atoms with van der Waals surface area (Å²) >= 11 is 5.84. The van der Waals surface area contributed by atoms with Gasteiger partial charge in [-0.1, -0.05) is 23.8 Å². The number of halogens is 1. The number of ether oxygens (including phenoxy) is 1. The number of nitro groups is 1. The minimum atomic E-state index is -0.890. The van der Waals surface area contributed by atoms with Crippen molar-refractivity contribution in [1.29, 1.82) is 0 Å². The Morgan fingerprint density at radius 2 is 2.09 bits per heavy atom. The lowest BCUT2D eigenvalue weighted by molar-refractivity contribution is -0.384. The van der Waals surface area contributed by atoms with Gasteiger partial charge in [-0.2, -0.15) is 0 Å². The molecule has 0 radical (unpaired) electrons. The Kier molecular flexibility index (Phi) is 6.71. The van der Waals surface area contributed by atoms with E-state index >= 15 is 0 Å². The number of likely N-dealkylation sites (N-methyl/N-ethyl adjacent to an activating group) is 1. The Bertz CT molecular complexity index is 645. The molecule has 0 aliphatic carbocycles. The van der Waals surface area contributed by atoms with Gasteiger partial charge in [0.15, 0.2) is 6.61 Å². The van der Waals surface area contributed by atoms with Gasteiger partial charge in [0, 0.05) is 25.2 Å². The second kappa shape index (κ2) is 8.28. The molecular weight excluding hydrogens is 324 g/mol. The molecule has 0 aliphatic rings. The summed E-state index contributed by atoms with van der Waals surface area (Å²) < 4.78 is 4.90. The second-order valence-electron chi connectivity index (χ2n) is 4.86. The smallest absolute Gasteiger partial charge is 0.340 e. The average molecular weight is 341 g/mol. The number of nitro benzene ring substituents is 1. The molecule has 0 saturated carbocycles. The maximum Gasteiger partial charge on any atom is 0.340 e. The molecule has 0 aliphatic heterocycles. The Labute approximate surface area is 138 Å². The number of carbonyl (C=O) groups is 2. The third-order valence-corrected chi connectivity index (χ3v) is 3.23. The van der Waals surface area contributed by atoms with E-state index in [0.717, 1.165) is 11.6 Å². The van der Waals surface area contributed by atoms with Crippen molar-refractivity contribution < 1.29 is 19.2 Å². The lowest BCUT2D eigenvalue weighted by Gasteiger charge is -2.20. The molecule has 0 atom stereocenters. The molecular formula is C15H17ClN2O5. The van der Waals surface area contributed by atoms with Crippen molar-refractivity contribution in [2.75, 3.05) is 19.7 Å². The van der Waals surface area contributed by atoms with Gasteiger partial charge in [0.05, 0.1) is 15.5 Å². The van der Waals surface area contributed by atoms with Crippen LogP contribution in [0.15, 0.2) is 30.4 Å². The minimum absolute atomic E-state index is 0.0160. The van der Waals surface area contributed by atoms with Crippen molar-refractivity contribution in [2.24, 2.45) is 0 Å². The molecule has 0 bridgehead atoms. The molecule has 0 aromatic heterocycles. The van der Waals surface area contributed by atoms with Crippen molar-refractivity contribution >= 4 is 29.2 Å². The van der Waals surface area contributed by atoms with Gasteiger partial charge in [-0.25, -0.2) is 4.79 Å². The molecule has 1 aromatic carbocycles. The van der Waals surface area contributed by atoms with Gasteiger partial charge in [-0.05, 0) is 19.9 Å². The van der Waals surface area contributed by atoms with E-state index in [4.69, 9.17) is 16.3 Å². The number of hydrogen-bond acceptors (Lipinski definition) is 5.